The van der Waals surface area contributed by atoms with E-state index in [1.165, 1.54) is 19.6 Å². The lowest BCUT2D eigenvalue weighted by Gasteiger charge is -2.37. The van der Waals surface area contributed by atoms with Gasteiger partial charge in [0.05, 0.1) is 5.54 Å². The molecule has 4 aliphatic rings. The maximum Gasteiger partial charge on any atom is 0.349 e. The van der Waals surface area contributed by atoms with Crippen LogP contribution in [0.4, 0.5) is 10.6 Å². The lowest BCUT2D eigenvalue weighted by atomic mass is 9.85. The number of urea groups is 1. The van der Waals surface area contributed by atoms with E-state index >= 15 is 0 Å². The van der Waals surface area contributed by atoms with Crippen LogP contribution >= 0.6 is 12.4 Å². The third-order valence-electron chi connectivity index (χ3n) is 8.92. The Kier molecular flexibility index (Phi) is 8.71. The summed E-state index contributed by atoms with van der Waals surface area (Å²) >= 11 is 0. The van der Waals surface area contributed by atoms with Crippen molar-refractivity contribution in [3.8, 4) is 0 Å². The topological polar surface area (TPSA) is 143 Å². The van der Waals surface area contributed by atoms with Crippen LogP contribution in [0.2, 0.25) is 0 Å². The zero-order chi connectivity index (χ0) is 26.3. The van der Waals surface area contributed by atoms with E-state index in [4.69, 9.17) is 11.5 Å². The first-order valence-electron chi connectivity index (χ1n) is 13.8. The molecule has 2 saturated heterocycles. The first-order chi connectivity index (χ1) is 17.6. The fraction of sp³-hybridized carbons (Fsp3) is 0.769. The summed E-state index contributed by atoms with van der Waals surface area (Å²) in [5, 5.41) is 2.74. The smallest absolute Gasteiger partial charge is 0.338 e. The van der Waals surface area contributed by atoms with Crippen molar-refractivity contribution in [3.05, 3.63) is 22.7 Å². The van der Waals surface area contributed by atoms with Crippen LogP contribution in [0.5, 0.6) is 0 Å². The second-order valence-corrected chi connectivity index (χ2v) is 12.1. The highest BCUT2D eigenvalue weighted by atomic mass is 35.5. The summed E-state index contributed by atoms with van der Waals surface area (Å²) in [6, 6.07) is 1.54. The quantitative estimate of drug-likeness (QED) is 0.478. The zero-order valence-corrected chi connectivity index (χ0v) is 23.4. The van der Waals surface area contributed by atoms with Gasteiger partial charge in [0.1, 0.15) is 5.82 Å². The van der Waals surface area contributed by atoms with Gasteiger partial charge in [0.25, 0.3) is 0 Å². The van der Waals surface area contributed by atoms with Crippen molar-refractivity contribution >= 4 is 30.2 Å². The SMILES string of the molecule is CC(C)(N)C(=O)N1CCN(C(=O)Nc2ccn(C3CCC(CN4CC5C(CN)C5C4)CC3)c(=O)n2)CC1.Cl. The molecular formula is C26H43ClN8O3. The monoisotopic (exact) mass is 550 g/mol. The molecule has 4 fully saturated rings. The summed E-state index contributed by atoms with van der Waals surface area (Å²) in [7, 11) is 0. The number of nitrogens with one attached hydrogen (secondary N) is 1. The number of anilines is 1. The molecule has 0 bridgehead atoms. The van der Waals surface area contributed by atoms with Crippen LogP contribution in [0, 0.1) is 23.7 Å². The van der Waals surface area contributed by atoms with Crippen molar-refractivity contribution in [1.82, 2.24) is 24.3 Å². The summed E-state index contributed by atoms with van der Waals surface area (Å²) in [5.41, 5.74) is 10.5. The first kappa shape index (κ1) is 28.8. The summed E-state index contributed by atoms with van der Waals surface area (Å²) in [5.74, 6) is 3.26. The van der Waals surface area contributed by atoms with Crippen molar-refractivity contribution in [2.45, 2.75) is 51.1 Å². The van der Waals surface area contributed by atoms with E-state index in [2.05, 4.69) is 15.2 Å². The molecule has 2 aliphatic carbocycles. The maximum absolute atomic E-state index is 12.8. The Bertz CT molecular complexity index is 1050. The van der Waals surface area contributed by atoms with Gasteiger partial charge in [-0.05, 0) is 75.8 Å². The highest BCUT2D eigenvalue weighted by Crippen LogP contribution is 2.51. The number of carbonyl (C=O) groups is 2. The molecule has 0 aromatic carbocycles. The number of aromatic nitrogens is 2. The molecule has 0 radical (unpaired) electrons. The molecule has 212 valence electrons. The number of piperazine rings is 1. The molecule has 11 nitrogen and oxygen atoms in total. The van der Waals surface area contributed by atoms with E-state index in [1.807, 2.05) is 0 Å². The third-order valence-corrected chi connectivity index (χ3v) is 8.92. The predicted octanol–water partition coefficient (Wildman–Crippen LogP) is 0.946. The number of carbonyl (C=O) groups excluding carboxylic acids is 2. The molecule has 1 aromatic heterocycles. The Labute approximate surface area is 230 Å². The minimum absolute atomic E-state index is 0. The minimum atomic E-state index is -0.930. The van der Waals surface area contributed by atoms with E-state index in [1.54, 1.807) is 40.5 Å². The average Bonchev–Trinajstić information content (AvgIpc) is 3.36. The molecule has 2 atom stereocenters. The van der Waals surface area contributed by atoms with Crippen molar-refractivity contribution in [1.29, 1.82) is 0 Å². The number of halogens is 1. The summed E-state index contributed by atoms with van der Waals surface area (Å²) in [6.45, 7) is 9.46. The van der Waals surface area contributed by atoms with Gasteiger partial charge >= 0.3 is 11.7 Å². The summed E-state index contributed by atoms with van der Waals surface area (Å²) in [6.07, 6.45) is 5.96. The molecule has 5 N–H and O–H groups in total. The van der Waals surface area contributed by atoms with Gasteiger partial charge in [-0.2, -0.15) is 4.98 Å². The van der Waals surface area contributed by atoms with Gasteiger partial charge in [-0.25, -0.2) is 9.59 Å². The van der Waals surface area contributed by atoms with Crippen molar-refractivity contribution < 1.29 is 9.59 Å². The molecule has 3 amide bonds. The van der Waals surface area contributed by atoms with Crippen molar-refractivity contribution in [2.24, 2.45) is 35.1 Å². The van der Waals surface area contributed by atoms with Crippen LogP contribution in [0.25, 0.3) is 0 Å². The summed E-state index contributed by atoms with van der Waals surface area (Å²) in [4.78, 5) is 47.9. The van der Waals surface area contributed by atoms with Gasteiger partial charge in [-0.15, -0.1) is 12.4 Å². The molecule has 2 aliphatic heterocycles. The fourth-order valence-corrected chi connectivity index (χ4v) is 6.68. The van der Waals surface area contributed by atoms with E-state index in [0.717, 1.165) is 50.0 Å². The largest absolute Gasteiger partial charge is 0.349 e. The Hall–Kier alpha value is -2.21. The number of hydrogen-bond acceptors (Lipinski definition) is 7. The Morgan fingerprint density at radius 2 is 1.66 bits per heavy atom. The molecule has 0 spiro atoms. The third kappa shape index (κ3) is 6.16. The molecule has 2 unspecified atom stereocenters. The number of nitrogens with zero attached hydrogens (tertiary/aromatic N) is 5. The van der Waals surface area contributed by atoms with Gasteiger partial charge in [0.2, 0.25) is 5.91 Å². The number of rotatable bonds is 6. The Balaban J connectivity index is 0.00000336. The number of nitrogens with two attached hydrogens (primary N) is 2. The number of hydrogen-bond donors (Lipinski definition) is 3. The highest BCUT2D eigenvalue weighted by Gasteiger charge is 2.54. The number of amides is 3. The summed E-state index contributed by atoms with van der Waals surface area (Å²) < 4.78 is 1.72. The molecule has 5 rings (SSSR count). The van der Waals surface area contributed by atoms with Crippen LogP contribution < -0.4 is 22.5 Å². The molecule has 38 heavy (non-hydrogen) atoms. The molecular weight excluding hydrogens is 508 g/mol. The fourth-order valence-electron chi connectivity index (χ4n) is 6.68. The van der Waals surface area contributed by atoms with E-state index in [0.29, 0.717) is 32.1 Å². The van der Waals surface area contributed by atoms with Crippen LogP contribution in [0.3, 0.4) is 0 Å². The molecule has 1 aromatic rings. The van der Waals surface area contributed by atoms with Crippen molar-refractivity contribution in [2.75, 3.05) is 57.7 Å². The number of fused-ring (bicyclic) bond motifs is 1. The highest BCUT2D eigenvalue weighted by molar-refractivity contribution is 5.89. The maximum atomic E-state index is 12.8. The molecule has 12 heteroatoms. The van der Waals surface area contributed by atoms with Gasteiger partial charge in [0.15, 0.2) is 0 Å². The number of piperidine rings is 1. The van der Waals surface area contributed by atoms with Gasteiger partial charge in [-0.3, -0.25) is 14.7 Å². The van der Waals surface area contributed by atoms with Crippen LogP contribution in [0.15, 0.2) is 17.1 Å². The van der Waals surface area contributed by atoms with E-state index in [9.17, 15) is 14.4 Å². The lowest BCUT2D eigenvalue weighted by molar-refractivity contribution is -0.137. The van der Waals surface area contributed by atoms with Crippen LogP contribution in [-0.4, -0.2) is 94.1 Å². The van der Waals surface area contributed by atoms with Gasteiger partial charge in [0, 0.05) is 58.1 Å². The lowest BCUT2D eigenvalue weighted by Crippen LogP contribution is -2.58. The van der Waals surface area contributed by atoms with Gasteiger partial charge in [-0.1, -0.05) is 0 Å². The van der Waals surface area contributed by atoms with Crippen molar-refractivity contribution in [3.63, 3.8) is 0 Å². The van der Waals surface area contributed by atoms with E-state index < -0.39 is 5.54 Å². The molecule has 2 saturated carbocycles. The Morgan fingerprint density at radius 3 is 2.21 bits per heavy atom. The zero-order valence-electron chi connectivity index (χ0n) is 22.6. The first-order valence-corrected chi connectivity index (χ1v) is 13.8. The Morgan fingerprint density at radius 1 is 1.05 bits per heavy atom. The second kappa shape index (κ2) is 11.5. The van der Waals surface area contributed by atoms with Gasteiger partial charge < -0.3 is 26.2 Å². The second-order valence-electron chi connectivity index (χ2n) is 12.1. The standard InChI is InChI=1S/C26H42N8O3.ClH/c1-26(2,28)23(35)32-9-11-33(12-10-32)24(36)29-22-7-8-34(25(37)30-22)18-5-3-17(4-6-18)14-31-15-20-19(13-27)21(20)16-31;/h7-8,17-21H,3-6,9-16,27-28H2,1-2H3,(H,29,30,36,37);1H. The predicted molar refractivity (Wildman–Crippen MR) is 148 cm³/mol. The molecule has 3 heterocycles. The number of likely N-dealkylation sites (tertiary alicyclic amines) is 1. The van der Waals surface area contributed by atoms with Crippen LogP contribution in [0.1, 0.15) is 45.6 Å². The average molecular weight is 551 g/mol. The normalized spacial score (nSPS) is 29.4. The minimum Gasteiger partial charge on any atom is -0.338 e. The van der Waals surface area contributed by atoms with E-state index in [-0.39, 0.29) is 41.9 Å². The van der Waals surface area contributed by atoms with Crippen LogP contribution in [-0.2, 0) is 4.79 Å².